The predicted molar refractivity (Wildman–Crippen MR) is 110 cm³/mol. The van der Waals surface area contributed by atoms with E-state index >= 15 is 0 Å². The number of aromatic nitrogens is 2. The quantitative estimate of drug-likeness (QED) is 0.419. The van der Waals surface area contributed by atoms with Gasteiger partial charge in [0.2, 0.25) is 0 Å². The van der Waals surface area contributed by atoms with E-state index in [1.54, 1.807) is 6.07 Å². The SMILES string of the molecule is CCCCN(CCCC)CCCn1c(CCC)nc2cc(C(F)(F)F)ccc21. The number of alkyl halides is 3. The Morgan fingerprint density at radius 2 is 1.57 bits per heavy atom. The van der Waals surface area contributed by atoms with Crippen LogP contribution < -0.4 is 0 Å². The van der Waals surface area contributed by atoms with Gasteiger partial charge in [0.25, 0.3) is 0 Å². The molecular weight excluding hydrogens is 363 g/mol. The van der Waals surface area contributed by atoms with Gasteiger partial charge in [-0.15, -0.1) is 0 Å². The van der Waals surface area contributed by atoms with Gasteiger partial charge < -0.3 is 9.47 Å². The fraction of sp³-hybridized carbons (Fsp3) is 0.682. The molecule has 0 fully saturated rings. The summed E-state index contributed by atoms with van der Waals surface area (Å²) < 4.78 is 41.2. The van der Waals surface area contributed by atoms with Crippen LogP contribution in [0.4, 0.5) is 13.2 Å². The zero-order valence-corrected chi connectivity index (χ0v) is 17.5. The summed E-state index contributed by atoms with van der Waals surface area (Å²) in [4.78, 5) is 7.04. The van der Waals surface area contributed by atoms with Gasteiger partial charge >= 0.3 is 6.18 Å². The molecule has 0 aliphatic rings. The van der Waals surface area contributed by atoms with Crippen molar-refractivity contribution in [3.63, 3.8) is 0 Å². The van der Waals surface area contributed by atoms with Crippen LogP contribution in [0.3, 0.4) is 0 Å². The minimum Gasteiger partial charge on any atom is -0.328 e. The standard InChI is InChI=1S/C22H34F3N3/c1-4-7-13-27(14-8-5-2)15-9-16-28-20-12-11-18(22(23,24)25)17-19(20)26-21(28)10-6-3/h11-12,17H,4-10,13-16H2,1-3H3. The van der Waals surface area contributed by atoms with Crippen molar-refractivity contribution in [1.29, 1.82) is 0 Å². The Balaban J connectivity index is 2.14. The lowest BCUT2D eigenvalue weighted by Crippen LogP contribution is -2.28. The van der Waals surface area contributed by atoms with Gasteiger partial charge in [-0.3, -0.25) is 0 Å². The van der Waals surface area contributed by atoms with Crippen LogP contribution >= 0.6 is 0 Å². The zero-order valence-electron chi connectivity index (χ0n) is 17.5. The molecule has 0 unspecified atom stereocenters. The number of hydrogen-bond donors (Lipinski definition) is 0. The molecule has 2 aromatic rings. The first-order valence-corrected chi connectivity index (χ1v) is 10.7. The molecule has 28 heavy (non-hydrogen) atoms. The molecule has 0 N–H and O–H groups in total. The maximum atomic E-state index is 13.0. The summed E-state index contributed by atoms with van der Waals surface area (Å²) in [6.07, 6.45) is 3.16. The van der Waals surface area contributed by atoms with Crippen LogP contribution in [-0.4, -0.2) is 34.1 Å². The third-order valence-electron chi connectivity index (χ3n) is 5.14. The molecule has 0 radical (unpaired) electrons. The number of imidazole rings is 1. The largest absolute Gasteiger partial charge is 0.416 e. The van der Waals surface area contributed by atoms with Gasteiger partial charge in [0.15, 0.2) is 0 Å². The van der Waals surface area contributed by atoms with Crippen LogP contribution in [0.25, 0.3) is 11.0 Å². The second-order valence-corrected chi connectivity index (χ2v) is 7.53. The number of nitrogens with zero attached hydrogens (tertiary/aromatic N) is 3. The summed E-state index contributed by atoms with van der Waals surface area (Å²) in [7, 11) is 0. The van der Waals surface area contributed by atoms with E-state index in [9.17, 15) is 13.2 Å². The number of halogens is 3. The number of hydrogen-bond acceptors (Lipinski definition) is 2. The second-order valence-electron chi connectivity index (χ2n) is 7.53. The summed E-state index contributed by atoms with van der Waals surface area (Å²) in [5, 5.41) is 0. The summed E-state index contributed by atoms with van der Waals surface area (Å²) in [5.41, 5.74) is 0.634. The van der Waals surface area contributed by atoms with E-state index < -0.39 is 11.7 Å². The van der Waals surface area contributed by atoms with Gasteiger partial charge in [0, 0.05) is 13.0 Å². The molecule has 1 aromatic heterocycles. The van der Waals surface area contributed by atoms with Gasteiger partial charge in [-0.25, -0.2) is 4.98 Å². The number of fused-ring (bicyclic) bond motifs is 1. The highest BCUT2D eigenvalue weighted by atomic mass is 19.4. The van der Waals surface area contributed by atoms with Crippen molar-refractivity contribution >= 4 is 11.0 Å². The first-order chi connectivity index (χ1) is 13.4. The lowest BCUT2D eigenvalue weighted by molar-refractivity contribution is -0.137. The molecule has 0 atom stereocenters. The molecule has 0 aliphatic carbocycles. The van der Waals surface area contributed by atoms with E-state index in [0.29, 0.717) is 5.52 Å². The average Bonchev–Trinajstić information content (AvgIpc) is 2.99. The van der Waals surface area contributed by atoms with E-state index in [1.165, 1.54) is 37.8 Å². The average molecular weight is 398 g/mol. The highest BCUT2D eigenvalue weighted by Gasteiger charge is 2.31. The maximum absolute atomic E-state index is 13.0. The zero-order chi connectivity index (χ0) is 20.6. The van der Waals surface area contributed by atoms with Gasteiger partial charge in [-0.2, -0.15) is 13.2 Å². The van der Waals surface area contributed by atoms with Gasteiger partial charge in [0.05, 0.1) is 16.6 Å². The van der Waals surface area contributed by atoms with Gasteiger partial charge in [-0.05, 0) is 63.5 Å². The van der Waals surface area contributed by atoms with Crippen LogP contribution in [0, 0.1) is 0 Å². The fourth-order valence-corrected chi connectivity index (χ4v) is 3.57. The fourth-order valence-electron chi connectivity index (χ4n) is 3.57. The predicted octanol–water partition coefficient (Wildman–Crippen LogP) is 6.30. The van der Waals surface area contributed by atoms with Crippen LogP contribution in [0.5, 0.6) is 0 Å². The van der Waals surface area contributed by atoms with E-state index in [1.807, 2.05) is 0 Å². The first-order valence-electron chi connectivity index (χ1n) is 10.7. The highest BCUT2D eigenvalue weighted by molar-refractivity contribution is 5.77. The summed E-state index contributed by atoms with van der Waals surface area (Å²) in [6, 6.07) is 3.93. The van der Waals surface area contributed by atoms with Crippen LogP contribution in [0.2, 0.25) is 0 Å². The molecule has 1 heterocycles. The second kappa shape index (κ2) is 10.8. The molecule has 1 aromatic carbocycles. The van der Waals surface area contributed by atoms with Crippen LogP contribution in [-0.2, 0) is 19.1 Å². The number of aryl methyl sites for hydroxylation is 2. The maximum Gasteiger partial charge on any atom is 0.416 e. The van der Waals surface area contributed by atoms with Gasteiger partial charge in [0.1, 0.15) is 5.82 Å². The third kappa shape index (κ3) is 6.23. The summed E-state index contributed by atoms with van der Waals surface area (Å²) >= 11 is 0. The van der Waals surface area contributed by atoms with Crippen molar-refractivity contribution in [2.75, 3.05) is 19.6 Å². The van der Waals surface area contributed by atoms with Crippen LogP contribution in [0.15, 0.2) is 18.2 Å². The van der Waals surface area contributed by atoms with Crippen molar-refractivity contribution < 1.29 is 13.2 Å². The molecule has 158 valence electrons. The molecule has 0 bridgehead atoms. The molecule has 3 nitrogen and oxygen atoms in total. The van der Waals surface area contributed by atoms with E-state index in [4.69, 9.17) is 0 Å². The molecule has 0 spiro atoms. The number of rotatable bonds is 12. The van der Waals surface area contributed by atoms with Gasteiger partial charge in [-0.1, -0.05) is 33.6 Å². The molecule has 2 rings (SSSR count). The minimum absolute atomic E-state index is 0.451. The Morgan fingerprint density at radius 1 is 0.929 bits per heavy atom. The Hall–Kier alpha value is -1.56. The Morgan fingerprint density at radius 3 is 2.14 bits per heavy atom. The van der Waals surface area contributed by atoms with Crippen molar-refractivity contribution in [1.82, 2.24) is 14.5 Å². The monoisotopic (exact) mass is 397 g/mol. The van der Waals surface area contributed by atoms with E-state index in [-0.39, 0.29) is 0 Å². The molecule has 0 aliphatic heterocycles. The summed E-state index contributed by atoms with van der Waals surface area (Å²) in [6.45, 7) is 10.6. The van der Waals surface area contributed by atoms with Crippen molar-refractivity contribution in [2.24, 2.45) is 0 Å². The Labute approximate surface area is 166 Å². The van der Waals surface area contributed by atoms with Crippen molar-refractivity contribution in [2.45, 2.75) is 78.4 Å². The molecular formula is C22H34F3N3. The molecule has 0 amide bonds. The molecule has 0 saturated heterocycles. The normalized spacial score (nSPS) is 12.4. The van der Waals surface area contributed by atoms with Crippen molar-refractivity contribution in [3.05, 3.63) is 29.6 Å². The first kappa shape index (κ1) is 22.7. The van der Waals surface area contributed by atoms with Crippen molar-refractivity contribution in [3.8, 4) is 0 Å². The summed E-state index contributed by atoms with van der Waals surface area (Å²) in [5.74, 6) is 0.894. The Kier molecular flexibility index (Phi) is 8.80. The molecule has 6 heteroatoms. The van der Waals surface area contributed by atoms with E-state index in [2.05, 4.69) is 35.2 Å². The topological polar surface area (TPSA) is 21.1 Å². The third-order valence-corrected chi connectivity index (χ3v) is 5.14. The Bertz CT molecular complexity index is 714. The smallest absolute Gasteiger partial charge is 0.328 e. The number of unbranched alkanes of at least 4 members (excludes halogenated alkanes) is 2. The van der Waals surface area contributed by atoms with E-state index in [0.717, 1.165) is 56.8 Å². The minimum atomic E-state index is -4.33. The lowest BCUT2D eigenvalue weighted by atomic mass is 10.2. The lowest BCUT2D eigenvalue weighted by Gasteiger charge is -2.22. The molecule has 0 saturated carbocycles. The number of benzene rings is 1. The highest BCUT2D eigenvalue weighted by Crippen LogP contribution is 2.31. The van der Waals surface area contributed by atoms with Crippen LogP contribution in [0.1, 0.15) is 70.7 Å².